The highest BCUT2D eigenvalue weighted by atomic mass is 35.5. The summed E-state index contributed by atoms with van der Waals surface area (Å²) in [7, 11) is -3.63. The van der Waals surface area contributed by atoms with Crippen LogP contribution in [0.25, 0.3) is 0 Å². The van der Waals surface area contributed by atoms with Gasteiger partial charge in [0.1, 0.15) is 0 Å². The molecule has 144 valence electrons. The maximum atomic E-state index is 12.0. The van der Waals surface area contributed by atoms with E-state index in [-0.39, 0.29) is 22.0 Å². The second-order valence-corrected chi connectivity index (χ2v) is 8.73. The smallest absolute Gasteiger partial charge is 0.338 e. The van der Waals surface area contributed by atoms with Crippen molar-refractivity contribution < 1.29 is 27.5 Å². The topological polar surface area (TPSA) is 119 Å². The molecule has 0 radical (unpaired) electrons. The molecule has 0 unspecified atom stereocenters. The van der Waals surface area contributed by atoms with Gasteiger partial charge in [-0.15, -0.1) is 11.3 Å². The van der Waals surface area contributed by atoms with Gasteiger partial charge in [-0.05, 0) is 29.6 Å². The predicted octanol–water partition coefficient (Wildman–Crippen LogP) is 1.99. The Morgan fingerprint density at radius 2 is 1.96 bits per heavy atom. The molecule has 3 amide bonds. The van der Waals surface area contributed by atoms with Crippen LogP contribution < -0.4 is 10.6 Å². The molecule has 1 aromatic carbocycles. The third kappa shape index (κ3) is 6.35. The van der Waals surface area contributed by atoms with Crippen LogP contribution in [0.15, 0.2) is 40.6 Å². The largest absolute Gasteiger partial charge is 0.452 e. The summed E-state index contributed by atoms with van der Waals surface area (Å²) in [5, 5.41) is 6.32. The summed E-state index contributed by atoms with van der Waals surface area (Å²) in [6, 6.07) is 6.50. The molecule has 1 aromatic heterocycles. The number of urea groups is 1. The number of nitrogens with one attached hydrogen (secondary N) is 2. The van der Waals surface area contributed by atoms with Gasteiger partial charge in [-0.25, -0.2) is 18.0 Å². The second kappa shape index (κ2) is 8.98. The molecule has 0 fully saturated rings. The standard InChI is InChI=1S/C16H15ClN2O6S2/c1-27(23,24)13-7-10(4-5-12(13)17)15(21)25-9-14(20)19-16(22)18-8-11-3-2-6-26-11/h2-7H,8-9H2,1H3,(H2,18,19,20,22). The average Bonchev–Trinajstić information content (AvgIpc) is 3.11. The van der Waals surface area contributed by atoms with Crippen LogP contribution in [0.3, 0.4) is 0 Å². The van der Waals surface area contributed by atoms with E-state index in [1.165, 1.54) is 23.5 Å². The Bertz CT molecular complexity index is 957. The van der Waals surface area contributed by atoms with Crippen LogP contribution in [0.4, 0.5) is 4.79 Å². The van der Waals surface area contributed by atoms with Crippen molar-refractivity contribution in [3.63, 3.8) is 0 Å². The van der Waals surface area contributed by atoms with Crippen molar-refractivity contribution in [2.24, 2.45) is 0 Å². The number of ether oxygens (including phenoxy) is 1. The summed E-state index contributed by atoms with van der Waals surface area (Å²) >= 11 is 7.25. The van der Waals surface area contributed by atoms with Crippen molar-refractivity contribution in [2.75, 3.05) is 12.9 Å². The molecule has 0 aliphatic carbocycles. The molecular formula is C16H15ClN2O6S2. The summed E-state index contributed by atoms with van der Waals surface area (Å²) in [6.07, 6.45) is 0.950. The number of rotatable bonds is 6. The normalized spacial score (nSPS) is 10.9. The van der Waals surface area contributed by atoms with Gasteiger partial charge in [0.25, 0.3) is 5.91 Å². The zero-order valence-corrected chi connectivity index (χ0v) is 16.4. The molecule has 2 N–H and O–H groups in total. The van der Waals surface area contributed by atoms with Crippen LogP contribution in [0.1, 0.15) is 15.2 Å². The van der Waals surface area contributed by atoms with Gasteiger partial charge in [-0.3, -0.25) is 10.1 Å². The van der Waals surface area contributed by atoms with Gasteiger partial charge in [0.05, 0.1) is 22.0 Å². The molecular weight excluding hydrogens is 416 g/mol. The molecule has 2 aromatic rings. The number of amides is 3. The molecule has 8 nitrogen and oxygen atoms in total. The van der Waals surface area contributed by atoms with Crippen LogP contribution in [-0.4, -0.2) is 39.2 Å². The van der Waals surface area contributed by atoms with Gasteiger partial charge in [-0.2, -0.15) is 0 Å². The Morgan fingerprint density at radius 1 is 1.22 bits per heavy atom. The number of carbonyl (C=O) groups is 3. The number of halogens is 1. The van der Waals surface area contributed by atoms with E-state index in [4.69, 9.17) is 16.3 Å². The Labute approximate surface area is 164 Å². The maximum Gasteiger partial charge on any atom is 0.338 e. The highest BCUT2D eigenvalue weighted by Crippen LogP contribution is 2.22. The zero-order valence-electron chi connectivity index (χ0n) is 14.0. The lowest BCUT2D eigenvalue weighted by molar-refractivity contribution is -0.123. The molecule has 0 aliphatic rings. The van der Waals surface area contributed by atoms with Crippen molar-refractivity contribution in [3.8, 4) is 0 Å². The number of thiophene rings is 1. The van der Waals surface area contributed by atoms with E-state index in [1.54, 1.807) is 0 Å². The average molecular weight is 431 g/mol. The first kappa shape index (κ1) is 20.9. The van der Waals surface area contributed by atoms with E-state index in [2.05, 4.69) is 5.32 Å². The van der Waals surface area contributed by atoms with Gasteiger partial charge in [-0.1, -0.05) is 17.7 Å². The van der Waals surface area contributed by atoms with E-state index < -0.39 is 34.4 Å². The highest BCUT2D eigenvalue weighted by Gasteiger charge is 2.18. The molecule has 0 bridgehead atoms. The van der Waals surface area contributed by atoms with E-state index in [9.17, 15) is 22.8 Å². The Kier molecular flexibility index (Phi) is 6.94. The van der Waals surface area contributed by atoms with Crippen molar-refractivity contribution in [1.82, 2.24) is 10.6 Å². The third-order valence-corrected chi connectivity index (χ3v) is 5.61. The van der Waals surface area contributed by atoms with Crippen molar-refractivity contribution in [1.29, 1.82) is 0 Å². The fourth-order valence-corrected chi connectivity index (χ4v) is 3.86. The first-order chi connectivity index (χ1) is 12.7. The number of hydrogen-bond donors (Lipinski definition) is 2. The van der Waals surface area contributed by atoms with Gasteiger partial charge in [0.2, 0.25) is 0 Å². The van der Waals surface area contributed by atoms with Crippen molar-refractivity contribution in [3.05, 3.63) is 51.2 Å². The number of carbonyl (C=O) groups excluding carboxylic acids is 3. The zero-order chi connectivity index (χ0) is 20.0. The lowest BCUT2D eigenvalue weighted by atomic mass is 10.2. The number of hydrogen-bond acceptors (Lipinski definition) is 7. The first-order valence-electron chi connectivity index (χ1n) is 7.43. The molecule has 2 rings (SSSR count). The van der Waals surface area contributed by atoms with Crippen molar-refractivity contribution >= 4 is 50.7 Å². The van der Waals surface area contributed by atoms with Crippen LogP contribution in [0, 0.1) is 0 Å². The number of benzene rings is 1. The lowest BCUT2D eigenvalue weighted by Gasteiger charge is -2.08. The minimum absolute atomic E-state index is 0.0331. The molecule has 1 heterocycles. The molecule has 0 atom stereocenters. The molecule has 0 spiro atoms. The molecule has 0 aliphatic heterocycles. The predicted molar refractivity (Wildman–Crippen MR) is 99.5 cm³/mol. The Hall–Kier alpha value is -2.43. The number of sulfone groups is 1. The Morgan fingerprint density at radius 3 is 2.59 bits per heavy atom. The molecule has 11 heteroatoms. The summed E-state index contributed by atoms with van der Waals surface area (Å²) in [5.41, 5.74) is -0.0882. The fraction of sp³-hybridized carbons (Fsp3) is 0.188. The minimum Gasteiger partial charge on any atom is -0.452 e. The van der Waals surface area contributed by atoms with E-state index in [1.807, 2.05) is 22.8 Å². The summed E-state index contributed by atoms with van der Waals surface area (Å²) in [4.78, 5) is 35.9. The summed E-state index contributed by atoms with van der Waals surface area (Å²) in [5.74, 6) is -1.75. The van der Waals surface area contributed by atoms with Gasteiger partial charge >= 0.3 is 12.0 Å². The van der Waals surface area contributed by atoms with Crippen LogP contribution in [0.2, 0.25) is 5.02 Å². The SMILES string of the molecule is CS(=O)(=O)c1cc(C(=O)OCC(=O)NC(=O)NCc2cccs2)ccc1Cl. The quantitative estimate of drug-likeness (QED) is 0.676. The molecule has 27 heavy (non-hydrogen) atoms. The number of esters is 1. The lowest BCUT2D eigenvalue weighted by Crippen LogP contribution is -2.41. The van der Waals surface area contributed by atoms with Gasteiger partial charge in [0.15, 0.2) is 16.4 Å². The minimum atomic E-state index is -3.63. The Balaban J connectivity index is 1.86. The van der Waals surface area contributed by atoms with E-state index in [0.29, 0.717) is 0 Å². The van der Waals surface area contributed by atoms with E-state index >= 15 is 0 Å². The van der Waals surface area contributed by atoms with Crippen molar-refractivity contribution in [2.45, 2.75) is 11.4 Å². The molecule has 0 saturated carbocycles. The second-order valence-electron chi connectivity index (χ2n) is 5.30. The summed E-state index contributed by atoms with van der Waals surface area (Å²) < 4.78 is 28.0. The van der Waals surface area contributed by atoms with Crippen LogP contribution in [-0.2, 0) is 25.9 Å². The highest BCUT2D eigenvalue weighted by molar-refractivity contribution is 7.90. The molecule has 0 saturated heterocycles. The fourth-order valence-electron chi connectivity index (χ4n) is 1.92. The third-order valence-electron chi connectivity index (χ3n) is 3.16. The van der Waals surface area contributed by atoms with Crippen LogP contribution >= 0.6 is 22.9 Å². The summed E-state index contributed by atoms with van der Waals surface area (Å²) in [6.45, 7) is -0.447. The van der Waals surface area contributed by atoms with Gasteiger partial charge in [0, 0.05) is 11.1 Å². The monoisotopic (exact) mass is 430 g/mol. The number of imide groups is 1. The maximum absolute atomic E-state index is 12.0. The van der Waals surface area contributed by atoms with Gasteiger partial charge < -0.3 is 10.1 Å². The van der Waals surface area contributed by atoms with E-state index in [0.717, 1.165) is 17.2 Å². The first-order valence-corrected chi connectivity index (χ1v) is 10.6. The van der Waals surface area contributed by atoms with Crippen LogP contribution in [0.5, 0.6) is 0 Å².